The van der Waals surface area contributed by atoms with Crippen LogP contribution >= 0.6 is 0 Å². The minimum Gasteiger partial charge on any atom is -0.331 e. The Morgan fingerprint density at radius 3 is 2.57 bits per heavy atom. The molecular weight excluding hydrogens is 403 g/mol. The normalized spacial score (nSPS) is 16.1. The highest BCUT2D eigenvalue weighted by molar-refractivity contribution is 5.78. The van der Waals surface area contributed by atoms with Crippen molar-refractivity contribution in [1.82, 2.24) is 14.5 Å². The van der Waals surface area contributed by atoms with E-state index < -0.39 is 29.6 Å². The van der Waals surface area contributed by atoms with Crippen molar-refractivity contribution in [1.29, 1.82) is 0 Å². The van der Waals surface area contributed by atoms with E-state index in [0.717, 1.165) is 6.07 Å². The highest BCUT2D eigenvalue weighted by atomic mass is 19.3. The molecule has 2 aromatic heterocycles. The topological polar surface area (TPSA) is 43.1 Å². The van der Waals surface area contributed by atoms with Crippen molar-refractivity contribution in [2.45, 2.75) is 44.6 Å². The molecule has 4 rings (SSSR count). The van der Waals surface area contributed by atoms with E-state index in [1.54, 1.807) is 24.6 Å². The quantitative estimate of drug-likeness (QED) is 0.557. The fourth-order valence-corrected chi connectivity index (χ4v) is 3.52. The standard InChI is InChI=1S/C21H19F5N4/c1-11-29-19(28-9-12-4-3-5-13(17(12)22)18(23)24)14-8-16(21(6-7-21)20(25)26)27-10-15(14)30(11)2/h3-5,8,10,18,20H,6-7,9H2,1-2H3/b28-19-. The second kappa shape index (κ2) is 7.45. The molecule has 0 atom stereocenters. The second-order valence-corrected chi connectivity index (χ2v) is 7.52. The van der Waals surface area contributed by atoms with Crippen molar-refractivity contribution < 1.29 is 22.0 Å². The summed E-state index contributed by atoms with van der Waals surface area (Å²) in [5.41, 5.74) is -0.775. The molecule has 0 aliphatic heterocycles. The lowest BCUT2D eigenvalue weighted by atomic mass is 10.0. The number of fused-ring (bicyclic) bond motifs is 1. The minimum absolute atomic E-state index is 0.00848. The number of rotatable bonds is 5. The summed E-state index contributed by atoms with van der Waals surface area (Å²) in [4.78, 5) is 13.0. The molecule has 30 heavy (non-hydrogen) atoms. The van der Waals surface area contributed by atoms with E-state index in [0.29, 0.717) is 29.6 Å². The lowest BCUT2D eigenvalue weighted by Crippen LogP contribution is -2.22. The molecule has 1 aliphatic rings. The summed E-state index contributed by atoms with van der Waals surface area (Å²) in [7, 11) is 1.77. The molecule has 2 heterocycles. The van der Waals surface area contributed by atoms with Gasteiger partial charge in [-0.25, -0.2) is 26.9 Å². The number of hydrogen-bond donors (Lipinski definition) is 0. The average molecular weight is 422 g/mol. The van der Waals surface area contributed by atoms with Gasteiger partial charge in [0.2, 0.25) is 6.43 Å². The maximum atomic E-state index is 14.3. The van der Waals surface area contributed by atoms with Crippen LogP contribution in [0.2, 0.25) is 0 Å². The molecule has 158 valence electrons. The van der Waals surface area contributed by atoms with Crippen molar-refractivity contribution in [3.63, 3.8) is 0 Å². The van der Waals surface area contributed by atoms with Gasteiger partial charge in [-0.3, -0.25) is 9.98 Å². The van der Waals surface area contributed by atoms with Gasteiger partial charge in [-0.15, -0.1) is 0 Å². The summed E-state index contributed by atoms with van der Waals surface area (Å²) in [5, 5.41) is 0.505. The number of aromatic nitrogens is 3. The third-order valence-electron chi connectivity index (χ3n) is 5.70. The number of aryl methyl sites for hydroxylation is 2. The molecular formula is C21H19F5N4. The molecule has 4 nitrogen and oxygen atoms in total. The Labute approximate surface area is 169 Å². The average Bonchev–Trinajstić information content (AvgIpc) is 3.52. The first-order valence-corrected chi connectivity index (χ1v) is 9.42. The monoisotopic (exact) mass is 422 g/mol. The van der Waals surface area contributed by atoms with Crippen LogP contribution in [0, 0.1) is 12.7 Å². The van der Waals surface area contributed by atoms with Crippen LogP contribution in [0.15, 0.2) is 35.5 Å². The number of halogens is 5. The van der Waals surface area contributed by atoms with Gasteiger partial charge in [0.1, 0.15) is 11.6 Å². The van der Waals surface area contributed by atoms with Crippen LogP contribution in [0.5, 0.6) is 0 Å². The van der Waals surface area contributed by atoms with Crippen LogP contribution in [0.1, 0.15) is 41.9 Å². The lowest BCUT2D eigenvalue weighted by molar-refractivity contribution is 0.0999. The van der Waals surface area contributed by atoms with E-state index in [1.165, 1.54) is 18.3 Å². The molecule has 1 aliphatic carbocycles. The molecule has 0 amide bonds. The summed E-state index contributed by atoms with van der Waals surface area (Å²) >= 11 is 0. The zero-order chi connectivity index (χ0) is 21.6. The van der Waals surface area contributed by atoms with E-state index >= 15 is 0 Å². The van der Waals surface area contributed by atoms with Gasteiger partial charge < -0.3 is 4.57 Å². The smallest absolute Gasteiger partial charge is 0.266 e. The lowest BCUT2D eigenvalue weighted by Gasteiger charge is -2.15. The van der Waals surface area contributed by atoms with Gasteiger partial charge in [-0.05, 0) is 25.8 Å². The predicted octanol–water partition coefficient (Wildman–Crippen LogP) is 4.75. The highest BCUT2D eigenvalue weighted by Gasteiger charge is 2.53. The Hall–Kier alpha value is -2.84. The SMILES string of the molecule is Cc1n/c(=N\Cc2cccc(C(F)F)c2F)c2cc(C3(C(F)F)CC3)ncc2n1C. The predicted molar refractivity (Wildman–Crippen MR) is 101 cm³/mol. The molecule has 0 bridgehead atoms. The molecule has 0 unspecified atom stereocenters. The van der Waals surface area contributed by atoms with Gasteiger partial charge >= 0.3 is 0 Å². The summed E-state index contributed by atoms with van der Waals surface area (Å²) in [6.45, 7) is 1.53. The minimum atomic E-state index is -2.93. The van der Waals surface area contributed by atoms with Crippen molar-refractivity contribution in [3.8, 4) is 0 Å². The highest BCUT2D eigenvalue weighted by Crippen LogP contribution is 2.52. The number of nitrogens with zero attached hydrogens (tertiary/aromatic N) is 4. The molecule has 0 radical (unpaired) electrons. The van der Waals surface area contributed by atoms with Crippen LogP contribution in [-0.2, 0) is 19.0 Å². The molecule has 1 aromatic carbocycles. The Kier molecular flexibility index (Phi) is 5.07. The van der Waals surface area contributed by atoms with E-state index in [4.69, 9.17) is 0 Å². The van der Waals surface area contributed by atoms with Crippen molar-refractivity contribution >= 4 is 10.9 Å². The molecule has 9 heteroatoms. The first-order chi connectivity index (χ1) is 14.2. The van der Waals surface area contributed by atoms with Crippen molar-refractivity contribution in [3.05, 3.63) is 64.4 Å². The number of benzene rings is 1. The molecule has 3 aromatic rings. The van der Waals surface area contributed by atoms with Gasteiger partial charge in [0, 0.05) is 18.0 Å². The summed E-state index contributed by atoms with van der Waals surface area (Å²) < 4.78 is 69.1. The van der Waals surface area contributed by atoms with E-state index in [2.05, 4.69) is 15.0 Å². The maximum absolute atomic E-state index is 14.3. The Balaban J connectivity index is 1.84. The third kappa shape index (κ3) is 3.36. The first-order valence-electron chi connectivity index (χ1n) is 9.42. The third-order valence-corrected chi connectivity index (χ3v) is 5.70. The molecule has 1 fully saturated rings. The molecule has 0 saturated heterocycles. The molecule has 0 spiro atoms. The van der Waals surface area contributed by atoms with E-state index in [1.807, 2.05) is 0 Å². The van der Waals surface area contributed by atoms with Gasteiger partial charge in [-0.1, -0.05) is 18.2 Å². The zero-order valence-electron chi connectivity index (χ0n) is 16.3. The first kappa shape index (κ1) is 20.4. The van der Waals surface area contributed by atoms with Crippen LogP contribution in [0.4, 0.5) is 22.0 Å². The Morgan fingerprint density at radius 2 is 1.93 bits per heavy atom. The van der Waals surface area contributed by atoms with Crippen LogP contribution in [-0.4, -0.2) is 21.0 Å². The summed E-state index contributed by atoms with van der Waals surface area (Å²) in [5.74, 6) is -0.414. The summed E-state index contributed by atoms with van der Waals surface area (Å²) in [6.07, 6.45) is -3.24. The van der Waals surface area contributed by atoms with Crippen LogP contribution < -0.4 is 5.49 Å². The molecule has 1 saturated carbocycles. The number of alkyl halides is 4. The van der Waals surface area contributed by atoms with E-state index in [-0.39, 0.29) is 23.3 Å². The van der Waals surface area contributed by atoms with Crippen LogP contribution in [0.3, 0.4) is 0 Å². The van der Waals surface area contributed by atoms with Crippen molar-refractivity contribution in [2.24, 2.45) is 12.0 Å². The summed E-state index contributed by atoms with van der Waals surface area (Å²) in [6, 6.07) is 5.32. The van der Waals surface area contributed by atoms with Crippen LogP contribution in [0.25, 0.3) is 10.9 Å². The van der Waals surface area contributed by atoms with E-state index in [9.17, 15) is 22.0 Å². The van der Waals surface area contributed by atoms with Crippen molar-refractivity contribution in [2.75, 3.05) is 0 Å². The number of hydrogen-bond acceptors (Lipinski definition) is 3. The molecule has 0 N–H and O–H groups in total. The Bertz CT molecular complexity index is 1180. The van der Waals surface area contributed by atoms with Gasteiger partial charge in [0.15, 0.2) is 5.49 Å². The fourth-order valence-electron chi connectivity index (χ4n) is 3.52. The Morgan fingerprint density at radius 1 is 1.20 bits per heavy atom. The largest absolute Gasteiger partial charge is 0.331 e. The van der Waals surface area contributed by atoms with Gasteiger partial charge in [-0.2, -0.15) is 0 Å². The zero-order valence-corrected chi connectivity index (χ0v) is 16.3. The maximum Gasteiger partial charge on any atom is 0.266 e. The second-order valence-electron chi connectivity index (χ2n) is 7.52. The fraction of sp³-hybridized carbons (Fsp3) is 0.381. The number of pyridine rings is 1. The van der Waals surface area contributed by atoms with Gasteiger partial charge in [0.25, 0.3) is 6.43 Å². The van der Waals surface area contributed by atoms with Gasteiger partial charge in [0.05, 0.1) is 34.9 Å².